The van der Waals surface area contributed by atoms with E-state index in [2.05, 4.69) is 43.4 Å². The molecule has 138 valence electrons. The minimum atomic E-state index is -0.856. The molecule has 2 aromatic carbocycles. The molecule has 3 amide bonds. The number of nitrogens with one attached hydrogen (secondary N) is 1. The van der Waals surface area contributed by atoms with Crippen LogP contribution in [-0.4, -0.2) is 25.6 Å². The number of nitrogens with two attached hydrogens (primary N) is 1. The highest BCUT2D eigenvalue weighted by atomic mass is 16.5. The Kier molecular flexibility index (Phi) is 6.60. The van der Waals surface area contributed by atoms with Gasteiger partial charge in [0.05, 0.1) is 13.7 Å². The number of benzene rings is 2. The standard InChI is InChI=1S/C20H25N3O3/c1-14(2)16-6-4-15(5-7-16)12-23(13-19(24)22-20(21)25)17-8-10-18(26-3)11-9-17/h4-11,14H,12-13H2,1-3H3,(H3,21,22,24,25). The number of nitrogens with zero attached hydrogens (tertiary/aromatic N) is 1. The summed E-state index contributed by atoms with van der Waals surface area (Å²) in [5.74, 6) is 0.742. The van der Waals surface area contributed by atoms with Gasteiger partial charge < -0.3 is 15.4 Å². The van der Waals surface area contributed by atoms with E-state index < -0.39 is 11.9 Å². The highest BCUT2D eigenvalue weighted by Crippen LogP contribution is 2.22. The van der Waals surface area contributed by atoms with Crippen LogP contribution < -0.4 is 20.7 Å². The first kappa shape index (κ1) is 19.3. The van der Waals surface area contributed by atoms with Gasteiger partial charge in [0.15, 0.2) is 0 Å². The lowest BCUT2D eigenvalue weighted by molar-refractivity contribution is -0.118. The van der Waals surface area contributed by atoms with Crippen molar-refractivity contribution in [2.45, 2.75) is 26.3 Å². The van der Waals surface area contributed by atoms with Crippen molar-refractivity contribution < 1.29 is 14.3 Å². The van der Waals surface area contributed by atoms with E-state index in [1.807, 2.05) is 29.2 Å². The van der Waals surface area contributed by atoms with Gasteiger partial charge >= 0.3 is 6.03 Å². The van der Waals surface area contributed by atoms with Gasteiger partial charge in [0.1, 0.15) is 5.75 Å². The summed E-state index contributed by atoms with van der Waals surface area (Å²) in [5.41, 5.74) is 8.21. The van der Waals surface area contributed by atoms with Crippen molar-refractivity contribution in [2.75, 3.05) is 18.6 Å². The second-order valence-electron chi connectivity index (χ2n) is 6.36. The number of ether oxygens (including phenoxy) is 1. The molecule has 0 aromatic heterocycles. The summed E-state index contributed by atoms with van der Waals surface area (Å²) in [4.78, 5) is 24.8. The second-order valence-corrected chi connectivity index (χ2v) is 6.36. The maximum absolute atomic E-state index is 12.0. The summed E-state index contributed by atoms with van der Waals surface area (Å²) in [6.45, 7) is 4.83. The zero-order chi connectivity index (χ0) is 19.1. The van der Waals surface area contributed by atoms with Crippen LogP contribution in [0.1, 0.15) is 30.9 Å². The monoisotopic (exact) mass is 355 g/mol. The van der Waals surface area contributed by atoms with Crippen LogP contribution in [0.3, 0.4) is 0 Å². The minimum Gasteiger partial charge on any atom is -0.497 e. The highest BCUT2D eigenvalue weighted by molar-refractivity contribution is 5.95. The Balaban J connectivity index is 2.20. The van der Waals surface area contributed by atoms with Crippen LogP contribution in [0.2, 0.25) is 0 Å². The number of imide groups is 1. The van der Waals surface area contributed by atoms with Crippen molar-refractivity contribution in [3.05, 3.63) is 59.7 Å². The number of anilines is 1. The molecule has 0 saturated heterocycles. The van der Waals surface area contributed by atoms with E-state index in [4.69, 9.17) is 10.5 Å². The minimum absolute atomic E-state index is 0.0151. The third kappa shape index (κ3) is 5.51. The zero-order valence-corrected chi connectivity index (χ0v) is 15.4. The number of carbonyl (C=O) groups is 2. The second kappa shape index (κ2) is 8.89. The maximum Gasteiger partial charge on any atom is 0.318 e. The number of carbonyl (C=O) groups excluding carboxylic acids is 2. The van der Waals surface area contributed by atoms with Crippen LogP contribution in [0.25, 0.3) is 0 Å². The molecule has 0 aliphatic rings. The lowest BCUT2D eigenvalue weighted by atomic mass is 10.0. The number of primary amides is 1. The lowest BCUT2D eigenvalue weighted by Crippen LogP contribution is -2.42. The molecule has 6 nitrogen and oxygen atoms in total. The van der Waals surface area contributed by atoms with E-state index in [-0.39, 0.29) is 6.54 Å². The number of methoxy groups -OCH3 is 1. The van der Waals surface area contributed by atoms with Gasteiger partial charge in [-0.15, -0.1) is 0 Å². The summed E-state index contributed by atoms with van der Waals surface area (Å²) >= 11 is 0. The van der Waals surface area contributed by atoms with Crippen molar-refractivity contribution in [3.63, 3.8) is 0 Å². The van der Waals surface area contributed by atoms with Gasteiger partial charge in [-0.1, -0.05) is 38.1 Å². The van der Waals surface area contributed by atoms with Gasteiger partial charge in [-0.25, -0.2) is 4.79 Å². The maximum atomic E-state index is 12.0. The smallest absolute Gasteiger partial charge is 0.318 e. The molecule has 3 N–H and O–H groups in total. The molecular weight excluding hydrogens is 330 g/mol. The molecule has 0 spiro atoms. The third-order valence-corrected chi connectivity index (χ3v) is 4.05. The van der Waals surface area contributed by atoms with E-state index in [0.29, 0.717) is 12.5 Å². The molecule has 2 aromatic rings. The van der Waals surface area contributed by atoms with Gasteiger partial charge in [0, 0.05) is 12.2 Å². The Bertz CT molecular complexity index is 740. The zero-order valence-electron chi connectivity index (χ0n) is 15.4. The molecule has 0 saturated carbocycles. The quantitative estimate of drug-likeness (QED) is 0.799. The summed E-state index contributed by atoms with van der Waals surface area (Å²) in [6.07, 6.45) is 0. The van der Waals surface area contributed by atoms with Gasteiger partial charge in [-0.05, 0) is 41.3 Å². The Morgan fingerprint density at radius 3 is 2.19 bits per heavy atom. The number of amides is 3. The average Bonchev–Trinajstić information content (AvgIpc) is 2.61. The number of hydrogen-bond donors (Lipinski definition) is 2. The highest BCUT2D eigenvalue weighted by Gasteiger charge is 2.14. The molecule has 0 bridgehead atoms. The van der Waals surface area contributed by atoms with E-state index in [0.717, 1.165) is 17.0 Å². The first-order chi connectivity index (χ1) is 12.4. The Labute approximate surface area is 153 Å². The van der Waals surface area contributed by atoms with E-state index in [1.165, 1.54) is 5.56 Å². The van der Waals surface area contributed by atoms with Crippen LogP contribution >= 0.6 is 0 Å². The van der Waals surface area contributed by atoms with Crippen molar-refractivity contribution in [1.29, 1.82) is 0 Å². The number of rotatable bonds is 7. The summed E-state index contributed by atoms with van der Waals surface area (Å²) in [7, 11) is 1.60. The number of urea groups is 1. The molecule has 0 radical (unpaired) electrons. The molecular formula is C20H25N3O3. The predicted molar refractivity (Wildman–Crippen MR) is 102 cm³/mol. The fraction of sp³-hybridized carbons (Fsp3) is 0.300. The van der Waals surface area contributed by atoms with Gasteiger partial charge in [0.25, 0.3) is 0 Å². The topological polar surface area (TPSA) is 84.7 Å². The van der Waals surface area contributed by atoms with Crippen LogP contribution in [0.15, 0.2) is 48.5 Å². The Morgan fingerprint density at radius 1 is 1.08 bits per heavy atom. The summed E-state index contributed by atoms with van der Waals surface area (Å²) < 4.78 is 5.18. The first-order valence-electron chi connectivity index (χ1n) is 8.46. The average molecular weight is 355 g/mol. The first-order valence-corrected chi connectivity index (χ1v) is 8.46. The van der Waals surface area contributed by atoms with E-state index in [9.17, 15) is 9.59 Å². The van der Waals surface area contributed by atoms with Crippen molar-refractivity contribution in [3.8, 4) is 5.75 Å². The molecule has 0 aliphatic carbocycles. The molecule has 0 unspecified atom stereocenters. The van der Waals surface area contributed by atoms with E-state index in [1.54, 1.807) is 7.11 Å². The molecule has 26 heavy (non-hydrogen) atoms. The fourth-order valence-electron chi connectivity index (χ4n) is 2.61. The lowest BCUT2D eigenvalue weighted by Gasteiger charge is -2.24. The molecule has 0 heterocycles. The van der Waals surface area contributed by atoms with Crippen LogP contribution in [-0.2, 0) is 11.3 Å². The largest absolute Gasteiger partial charge is 0.497 e. The van der Waals surface area contributed by atoms with Crippen LogP contribution in [0, 0.1) is 0 Å². The van der Waals surface area contributed by atoms with Crippen LogP contribution in [0.4, 0.5) is 10.5 Å². The third-order valence-electron chi connectivity index (χ3n) is 4.05. The molecule has 0 fully saturated rings. The Hall–Kier alpha value is -3.02. The fourth-order valence-corrected chi connectivity index (χ4v) is 2.61. The van der Waals surface area contributed by atoms with E-state index >= 15 is 0 Å². The van der Waals surface area contributed by atoms with Crippen molar-refractivity contribution in [2.24, 2.45) is 5.73 Å². The molecule has 0 aliphatic heterocycles. The summed E-state index contributed by atoms with van der Waals surface area (Å²) in [5, 5.41) is 2.11. The molecule has 2 rings (SSSR count). The van der Waals surface area contributed by atoms with Crippen molar-refractivity contribution in [1.82, 2.24) is 5.32 Å². The predicted octanol–water partition coefficient (Wildman–Crippen LogP) is 3.02. The summed E-state index contributed by atoms with van der Waals surface area (Å²) in [6, 6.07) is 14.8. The normalized spacial score (nSPS) is 10.5. The SMILES string of the molecule is COc1ccc(N(CC(=O)NC(N)=O)Cc2ccc(C(C)C)cc2)cc1. The van der Waals surface area contributed by atoms with Crippen LogP contribution in [0.5, 0.6) is 5.75 Å². The molecule has 0 atom stereocenters. The van der Waals surface area contributed by atoms with Gasteiger partial charge in [-0.2, -0.15) is 0 Å². The van der Waals surface area contributed by atoms with Gasteiger partial charge in [-0.3, -0.25) is 10.1 Å². The van der Waals surface area contributed by atoms with Gasteiger partial charge in [0.2, 0.25) is 5.91 Å². The Morgan fingerprint density at radius 2 is 1.69 bits per heavy atom. The molecule has 6 heteroatoms. The van der Waals surface area contributed by atoms with Crippen molar-refractivity contribution >= 4 is 17.6 Å². The number of hydrogen-bond acceptors (Lipinski definition) is 4.